The fraction of sp³-hybridized carbons (Fsp3) is 0.350. The molecule has 0 bridgehead atoms. The zero-order chi connectivity index (χ0) is 15.6. The summed E-state index contributed by atoms with van der Waals surface area (Å²) in [5.74, 6) is 0.235. The van der Waals surface area contributed by atoms with Gasteiger partial charge >= 0.3 is 0 Å². The lowest BCUT2D eigenvalue weighted by Crippen LogP contribution is -2.27. The Morgan fingerprint density at radius 1 is 1.00 bits per heavy atom. The predicted octanol–water partition coefficient (Wildman–Crippen LogP) is 4.26. The van der Waals surface area contributed by atoms with Crippen molar-refractivity contribution < 1.29 is 4.79 Å². The summed E-state index contributed by atoms with van der Waals surface area (Å²) in [4.78, 5) is 12.0. The van der Waals surface area contributed by atoms with Gasteiger partial charge in [-0.25, -0.2) is 0 Å². The van der Waals surface area contributed by atoms with Gasteiger partial charge in [-0.2, -0.15) is 0 Å². The number of rotatable bonds is 9. The van der Waals surface area contributed by atoms with Crippen LogP contribution in [-0.2, 0) is 6.42 Å². The molecule has 0 saturated carbocycles. The van der Waals surface area contributed by atoms with Gasteiger partial charge in [0.1, 0.15) is 0 Å². The van der Waals surface area contributed by atoms with Gasteiger partial charge in [0.25, 0.3) is 0 Å². The SMILES string of the molecule is CC(CCc1ccccc1)NCCCC(=O)c1ccccc1. The van der Waals surface area contributed by atoms with E-state index in [9.17, 15) is 4.79 Å². The van der Waals surface area contributed by atoms with E-state index in [1.165, 1.54) is 5.56 Å². The Labute approximate surface area is 133 Å². The molecule has 1 unspecified atom stereocenters. The van der Waals surface area contributed by atoms with Crippen LogP contribution in [0.2, 0.25) is 0 Å². The van der Waals surface area contributed by atoms with Crippen molar-refractivity contribution in [2.24, 2.45) is 0 Å². The first-order valence-corrected chi connectivity index (χ1v) is 8.11. The third-order valence-electron chi connectivity index (χ3n) is 3.88. The molecule has 2 rings (SSSR count). The third-order valence-corrected chi connectivity index (χ3v) is 3.88. The Bertz CT molecular complexity index is 550. The van der Waals surface area contributed by atoms with E-state index in [0.29, 0.717) is 12.5 Å². The second-order valence-electron chi connectivity index (χ2n) is 5.77. The average molecular weight is 295 g/mol. The Morgan fingerprint density at radius 3 is 2.32 bits per heavy atom. The van der Waals surface area contributed by atoms with Crippen molar-refractivity contribution in [3.63, 3.8) is 0 Å². The number of ketones is 1. The number of hydrogen-bond donors (Lipinski definition) is 1. The molecule has 0 saturated heterocycles. The van der Waals surface area contributed by atoms with Gasteiger partial charge in [0, 0.05) is 18.0 Å². The molecule has 0 aliphatic heterocycles. The summed E-state index contributed by atoms with van der Waals surface area (Å²) in [7, 11) is 0. The second-order valence-corrected chi connectivity index (χ2v) is 5.77. The van der Waals surface area contributed by atoms with Gasteiger partial charge in [-0.15, -0.1) is 0 Å². The van der Waals surface area contributed by atoms with E-state index in [1.807, 2.05) is 30.3 Å². The average Bonchev–Trinajstić information content (AvgIpc) is 2.58. The van der Waals surface area contributed by atoms with E-state index in [4.69, 9.17) is 0 Å². The minimum Gasteiger partial charge on any atom is -0.314 e. The highest BCUT2D eigenvalue weighted by Crippen LogP contribution is 2.06. The minimum atomic E-state index is 0.235. The summed E-state index contributed by atoms with van der Waals surface area (Å²) >= 11 is 0. The molecule has 2 aromatic rings. The number of aryl methyl sites for hydroxylation is 1. The summed E-state index contributed by atoms with van der Waals surface area (Å²) in [6.07, 6.45) is 3.72. The van der Waals surface area contributed by atoms with Crippen LogP contribution in [0.1, 0.15) is 42.1 Å². The lowest BCUT2D eigenvalue weighted by molar-refractivity contribution is 0.0979. The Hall–Kier alpha value is -1.93. The first kappa shape index (κ1) is 16.4. The van der Waals surface area contributed by atoms with Gasteiger partial charge in [0.05, 0.1) is 0 Å². The largest absolute Gasteiger partial charge is 0.314 e. The van der Waals surface area contributed by atoms with Crippen molar-refractivity contribution in [2.45, 2.75) is 38.6 Å². The molecule has 1 atom stereocenters. The van der Waals surface area contributed by atoms with E-state index in [-0.39, 0.29) is 5.78 Å². The van der Waals surface area contributed by atoms with Gasteiger partial charge in [0.2, 0.25) is 0 Å². The van der Waals surface area contributed by atoms with E-state index >= 15 is 0 Å². The lowest BCUT2D eigenvalue weighted by atomic mass is 10.1. The maximum atomic E-state index is 12.0. The Kier molecular flexibility index (Phi) is 6.85. The molecule has 0 radical (unpaired) electrons. The molecular weight excluding hydrogens is 270 g/mol. The molecule has 0 spiro atoms. The first-order valence-electron chi connectivity index (χ1n) is 8.11. The van der Waals surface area contributed by atoms with E-state index in [1.54, 1.807) is 0 Å². The quantitative estimate of drug-likeness (QED) is 0.553. The number of benzene rings is 2. The van der Waals surface area contributed by atoms with Crippen molar-refractivity contribution in [1.29, 1.82) is 0 Å². The summed E-state index contributed by atoms with van der Waals surface area (Å²) in [6.45, 7) is 3.11. The van der Waals surface area contributed by atoms with Gasteiger partial charge in [-0.05, 0) is 38.3 Å². The normalized spacial score (nSPS) is 12.0. The van der Waals surface area contributed by atoms with E-state index in [2.05, 4.69) is 42.6 Å². The number of Topliss-reactive ketones (excluding diaryl/α,β-unsaturated/α-hetero) is 1. The van der Waals surface area contributed by atoms with Crippen LogP contribution in [0.5, 0.6) is 0 Å². The predicted molar refractivity (Wildman–Crippen MR) is 92.2 cm³/mol. The molecule has 2 nitrogen and oxygen atoms in total. The summed E-state index contributed by atoms with van der Waals surface area (Å²) in [6, 6.07) is 20.6. The maximum Gasteiger partial charge on any atom is 0.162 e. The minimum absolute atomic E-state index is 0.235. The van der Waals surface area contributed by atoms with Crippen LogP contribution < -0.4 is 5.32 Å². The van der Waals surface area contributed by atoms with Crippen LogP contribution in [0.15, 0.2) is 60.7 Å². The lowest BCUT2D eigenvalue weighted by Gasteiger charge is -2.13. The molecular formula is C20H25NO. The van der Waals surface area contributed by atoms with Crippen molar-refractivity contribution in [3.8, 4) is 0 Å². The highest BCUT2D eigenvalue weighted by molar-refractivity contribution is 5.95. The molecule has 2 aromatic carbocycles. The standard InChI is InChI=1S/C20H25NO/c1-17(14-15-18-9-4-2-5-10-18)21-16-8-13-20(22)19-11-6-3-7-12-19/h2-7,9-12,17,21H,8,13-16H2,1H3. The highest BCUT2D eigenvalue weighted by atomic mass is 16.1. The Morgan fingerprint density at radius 2 is 1.64 bits per heavy atom. The van der Waals surface area contributed by atoms with Crippen LogP contribution in [-0.4, -0.2) is 18.4 Å². The van der Waals surface area contributed by atoms with Gasteiger partial charge in [0.15, 0.2) is 5.78 Å². The monoisotopic (exact) mass is 295 g/mol. The number of hydrogen-bond acceptors (Lipinski definition) is 2. The fourth-order valence-corrected chi connectivity index (χ4v) is 2.50. The summed E-state index contributed by atoms with van der Waals surface area (Å²) in [5.41, 5.74) is 2.20. The molecule has 1 N–H and O–H groups in total. The van der Waals surface area contributed by atoms with Crippen molar-refractivity contribution in [1.82, 2.24) is 5.32 Å². The van der Waals surface area contributed by atoms with Crippen LogP contribution in [0, 0.1) is 0 Å². The fourth-order valence-electron chi connectivity index (χ4n) is 2.50. The molecule has 2 heteroatoms. The highest BCUT2D eigenvalue weighted by Gasteiger charge is 2.05. The van der Waals surface area contributed by atoms with Crippen molar-refractivity contribution in [3.05, 3.63) is 71.8 Å². The van der Waals surface area contributed by atoms with Crippen molar-refractivity contribution in [2.75, 3.05) is 6.54 Å². The molecule has 116 valence electrons. The van der Waals surface area contributed by atoms with Gasteiger partial charge in [-0.3, -0.25) is 4.79 Å². The zero-order valence-electron chi connectivity index (χ0n) is 13.3. The van der Waals surface area contributed by atoms with Crippen LogP contribution in [0.25, 0.3) is 0 Å². The first-order chi connectivity index (χ1) is 10.8. The topological polar surface area (TPSA) is 29.1 Å². The molecule has 22 heavy (non-hydrogen) atoms. The van der Waals surface area contributed by atoms with E-state index in [0.717, 1.165) is 31.4 Å². The number of nitrogens with one attached hydrogen (secondary N) is 1. The maximum absolute atomic E-state index is 12.0. The van der Waals surface area contributed by atoms with Crippen molar-refractivity contribution >= 4 is 5.78 Å². The molecule has 0 aromatic heterocycles. The molecule has 0 heterocycles. The molecule has 0 fully saturated rings. The van der Waals surface area contributed by atoms with Gasteiger partial charge in [-0.1, -0.05) is 60.7 Å². The Balaban J connectivity index is 1.59. The molecule has 0 aliphatic carbocycles. The van der Waals surface area contributed by atoms with Crippen LogP contribution in [0.4, 0.5) is 0 Å². The smallest absolute Gasteiger partial charge is 0.162 e. The molecule has 0 aliphatic rings. The molecule has 0 amide bonds. The van der Waals surface area contributed by atoms with Crippen LogP contribution >= 0.6 is 0 Å². The summed E-state index contributed by atoms with van der Waals surface area (Å²) < 4.78 is 0. The van der Waals surface area contributed by atoms with Gasteiger partial charge < -0.3 is 5.32 Å². The number of carbonyl (C=O) groups excluding carboxylic acids is 1. The summed E-state index contributed by atoms with van der Waals surface area (Å²) in [5, 5.41) is 3.51. The number of carbonyl (C=O) groups is 1. The van der Waals surface area contributed by atoms with Crippen LogP contribution in [0.3, 0.4) is 0 Å². The zero-order valence-corrected chi connectivity index (χ0v) is 13.3. The van der Waals surface area contributed by atoms with E-state index < -0.39 is 0 Å². The third kappa shape index (κ3) is 5.82. The second kappa shape index (κ2) is 9.16.